The van der Waals surface area contributed by atoms with E-state index in [1.807, 2.05) is 6.07 Å². The minimum atomic E-state index is -3.49. The van der Waals surface area contributed by atoms with E-state index in [2.05, 4.69) is 0 Å². The molecule has 0 aliphatic carbocycles. The highest BCUT2D eigenvalue weighted by molar-refractivity contribution is 7.91. The van der Waals surface area contributed by atoms with Crippen LogP contribution in [0.25, 0.3) is 0 Å². The van der Waals surface area contributed by atoms with Gasteiger partial charge >= 0.3 is 0 Å². The first kappa shape index (κ1) is 14.1. The Morgan fingerprint density at radius 2 is 1.81 bits per heavy atom. The van der Waals surface area contributed by atoms with Gasteiger partial charge in [0.15, 0.2) is 0 Å². The van der Waals surface area contributed by atoms with Gasteiger partial charge < -0.3 is 9.47 Å². The number of aryl methyl sites for hydroxylation is 1. The van der Waals surface area contributed by atoms with Crippen molar-refractivity contribution in [3.8, 4) is 5.75 Å². The summed E-state index contributed by atoms with van der Waals surface area (Å²) in [5.41, 5.74) is 0.740. The largest absolute Gasteiger partial charge is 0.491 e. The lowest BCUT2D eigenvalue weighted by Gasteiger charge is -2.09. The van der Waals surface area contributed by atoms with Gasteiger partial charge in [0.25, 0.3) is 0 Å². The predicted molar refractivity (Wildman–Crippen MR) is 78.3 cm³/mol. The smallest absolute Gasteiger partial charge is 0.206 e. The van der Waals surface area contributed by atoms with Gasteiger partial charge in [-0.05, 0) is 42.8 Å². The van der Waals surface area contributed by atoms with Crippen molar-refractivity contribution < 1.29 is 17.9 Å². The molecule has 1 saturated heterocycles. The normalized spacial score (nSPS) is 17.5. The van der Waals surface area contributed by atoms with Crippen molar-refractivity contribution in [1.82, 2.24) is 0 Å². The first-order chi connectivity index (χ1) is 10.1. The van der Waals surface area contributed by atoms with E-state index in [-0.39, 0.29) is 11.0 Å². The molecule has 5 heteroatoms. The van der Waals surface area contributed by atoms with Crippen molar-refractivity contribution >= 4 is 9.84 Å². The fraction of sp³-hybridized carbons (Fsp3) is 0.250. The van der Waals surface area contributed by atoms with Crippen LogP contribution >= 0.6 is 0 Å². The highest BCUT2D eigenvalue weighted by atomic mass is 32.2. The number of epoxide rings is 1. The highest BCUT2D eigenvalue weighted by Crippen LogP contribution is 2.25. The quantitative estimate of drug-likeness (QED) is 0.797. The van der Waals surface area contributed by atoms with E-state index in [1.165, 1.54) is 0 Å². The molecule has 1 atom stereocenters. The zero-order valence-electron chi connectivity index (χ0n) is 11.7. The van der Waals surface area contributed by atoms with E-state index in [1.54, 1.807) is 49.4 Å². The van der Waals surface area contributed by atoms with Crippen LogP contribution in [0.5, 0.6) is 5.75 Å². The fourth-order valence-corrected chi connectivity index (χ4v) is 3.55. The Morgan fingerprint density at radius 1 is 1.14 bits per heavy atom. The van der Waals surface area contributed by atoms with Gasteiger partial charge in [-0.1, -0.05) is 18.2 Å². The summed E-state index contributed by atoms with van der Waals surface area (Å²) in [6, 6.07) is 13.5. The Kier molecular flexibility index (Phi) is 3.69. The molecule has 21 heavy (non-hydrogen) atoms. The average molecular weight is 304 g/mol. The lowest BCUT2D eigenvalue weighted by molar-refractivity contribution is 0.263. The third kappa shape index (κ3) is 3.09. The van der Waals surface area contributed by atoms with Crippen LogP contribution < -0.4 is 4.74 Å². The number of sulfone groups is 1. The number of benzene rings is 2. The van der Waals surface area contributed by atoms with E-state index in [4.69, 9.17) is 9.47 Å². The molecule has 1 fully saturated rings. The molecule has 0 radical (unpaired) electrons. The molecule has 0 saturated carbocycles. The first-order valence-electron chi connectivity index (χ1n) is 6.72. The van der Waals surface area contributed by atoms with Gasteiger partial charge in [-0.15, -0.1) is 0 Å². The maximum absolute atomic E-state index is 12.6. The molecule has 2 aromatic carbocycles. The van der Waals surface area contributed by atoms with E-state index < -0.39 is 9.84 Å². The summed E-state index contributed by atoms with van der Waals surface area (Å²) in [6.07, 6.45) is 0.181. The zero-order chi connectivity index (χ0) is 14.9. The topological polar surface area (TPSA) is 55.9 Å². The standard InChI is InChI=1S/C16H16O4S/c1-12-4-2-3-5-16(12)21(17,18)15-8-6-13(7-9-15)19-10-14-11-20-14/h2-9,14H,10-11H2,1H3. The second-order valence-electron chi connectivity index (χ2n) is 5.01. The summed E-state index contributed by atoms with van der Waals surface area (Å²) in [6.45, 7) is 3.03. The zero-order valence-corrected chi connectivity index (χ0v) is 12.5. The molecule has 0 spiro atoms. The van der Waals surface area contributed by atoms with Gasteiger partial charge in [0.2, 0.25) is 9.84 Å². The Hall–Kier alpha value is -1.85. The predicted octanol–water partition coefficient (Wildman–Crippen LogP) is 2.61. The Labute approximate surface area is 124 Å². The summed E-state index contributed by atoms with van der Waals surface area (Å²) >= 11 is 0. The summed E-state index contributed by atoms with van der Waals surface area (Å²) in [7, 11) is -3.49. The van der Waals surface area contributed by atoms with Gasteiger partial charge in [-0.2, -0.15) is 0 Å². The molecule has 0 bridgehead atoms. The average Bonchev–Trinajstić information content (AvgIpc) is 3.30. The van der Waals surface area contributed by atoms with Crippen molar-refractivity contribution in [2.45, 2.75) is 22.8 Å². The molecule has 1 aliphatic rings. The lowest BCUT2D eigenvalue weighted by atomic mass is 10.2. The number of ether oxygens (including phenoxy) is 2. The Balaban J connectivity index is 1.83. The molecular weight excluding hydrogens is 288 g/mol. The number of hydrogen-bond acceptors (Lipinski definition) is 4. The molecule has 0 N–H and O–H groups in total. The van der Waals surface area contributed by atoms with Gasteiger partial charge in [0.1, 0.15) is 18.5 Å². The SMILES string of the molecule is Cc1ccccc1S(=O)(=O)c1ccc(OCC2CO2)cc1. The summed E-state index contributed by atoms with van der Waals surface area (Å²) < 4.78 is 35.7. The Morgan fingerprint density at radius 3 is 2.43 bits per heavy atom. The van der Waals surface area contributed by atoms with Crippen LogP contribution in [0.4, 0.5) is 0 Å². The molecule has 0 amide bonds. The molecule has 1 heterocycles. The van der Waals surface area contributed by atoms with E-state index in [9.17, 15) is 8.42 Å². The molecule has 1 unspecified atom stereocenters. The monoisotopic (exact) mass is 304 g/mol. The third-order valence-electron chi connectivity index (χ3n) is 3.36. The van der Waals surface area contributed by atoms with Gasteiger partial charge in [0, 0.05) is 0 Å². The molecule has 4 nitrogen and oxygen atoms in total. The van der Waals surface area contributed by atoms with Crippen LogP contribution in [0, 0.1) is 6.92 Å². The molecule has 3 rings (SSSR count). The van der Waals surface area contributed by atoms with E-state index in [0.29, 0.717) is 17.3 Å². The minimum Gasteiger partial charge on any atom is -0.491 e. The van der Waals surface area contributed by atoms with E-state index >= 15 is 0 Å². The lowest BCUT2D eigenvalue weighted by Crippen LogP contribution is -2.06. The second-order valence-corrected chi connectivity index (χ2v) is 6.92. The third-order valence-corrected chi connectivity index (χ3v) is 5.29. The number of hydrogen-bond donors (Lipinski definition) is 0. The van der Waals surface area contributed by atoms with Crippen molar-refractivity contribution in [3.05, 3.63) is 54.1 Å². The van der Waals surface area contributed by atoms with Crippen molar-refractivity contribution in [2.24, 2.45) is 0 Å². The molecule has 110 valence electrons. The van der Waals surface area contributed by atoms with Crippen molar-refractivity contribution in [3.63, 3.8) is 0 Å². The summed E-state index contributed by atoms with van der Waals surface area (Å²) in [4.78, 5) is 0.608. The fourth-order valence-electron chi connectivity index (χ4n) is 2.05. The van der Waals surface area contributed by atoms with Crippen LogP contribution in [0.15, 0.2) is 58.3 Å². The molecule has 1 aliphatic heterocycles. The van der Waals surface area contributed by atoms with Crippen LogP contribution in [0.2, 0.25) is 0 Å². The minimum absolute atomic E-state index is 0.181. The van der Waals surface area contributed by atoms with Crippen LogP contribution in [-0.2, 0) is 14.6 Å². The van der Waals surface area contributed by atoms with Crippen molar-refractivity contribution in [1.29, 1.82) is 0 Å². The number of rotatable bonds is 5. The first-order valence-corrected chi connectivity index (χ1v) is 8.21. The van der Waals surface area contributed by atoms with Crippen LogP contribution in [0.1, 0.15) is 5.56 Å². The highest BCUT2D eigenvalue weighted by Gasteiger charge is 2.23. The van der Waals surface area contributed by atoms with E-state index in [0.717, 1.165) is 12.2 Å². The van der Waals surface area contributed by atoms with Crippen LogP contribution in [0.3, 0.4) is 0 Å². The van der Waals surface area contributed by atoms with Crippen molar-refractivity contribution in [2.75, 3.05) is 13.2 Å². The molecule has 2 aromatic rings. The maximum atomic E-state index is 12.6. The maximum Gasteiger partial charge on any atom is 0.206 e. The van der Waals surface area contributed by atoms with Crippen LogP contribution in [-0.4, -0.2) is 27.7 Å². The second kappa shape index (κ2) is 5.50. The summed E-state index contributed by atoms with van der Waals surface area (Å²) in [5.74, 6) is 0.647. The summed E-state index contributed by atoms with van der Waals surface area (Å²) in [5, 5.41) is 0. The van der Waals surface area contributed by atoms with Gasteiger partial charge in [-0.25, -0.2) is 8.42 Å². The van der Waals surface area contributed by atoms with Gasteiger partial charge in [0.05, 0.1) is 16.4 Å². The van der Waals surface area contributed by atoms with Gasteiger partial charge in [-0.3, -0.25) is 0 Å². The molecule has 0 aromatic heterocycles. The molecular formula is C16H16O4S. The Bertz CT molecular complexity index is 731.